The Morgan fingerprint density at radius 3 is 2.57 bits per heavy atom. The molecule has 2 heterocycles. The third-order valence-electron chi connectivity index (χ3n) is 3.41. The van der Waals surface area contributed by atoms with Gasteiger partial charge >= 0.3 is 0 Å². The highest BCUT2D eigenvalue weighted by atomic mass is 16.5. The molecule has 0 fully saturated rings. The van der Waals surface area contributed by atoms with E-state index in [1.807, 2.05) is 47.0 Å². The Bertz CT molecular complexity index is 763. The predicted octanol–water partition coefficient (Wildman–Crippen LogP) is 2.74. The van der Waals surface area contributed by atoms with Crippen molar-refractivity contribution >= 4 is 11.5 Å². The third kappa shape index (κ3) is 2.32. The van der Waals surface area contributed by atoms with Crippen molar-refractivity contribution in [2.45, 2.75) is 6.61 Å². The van der Waals surface area contributed by atoms with E-state index >= 15 is 0 Å². The van der Waals surface area contributed by atoms with E-state index in [0.29, 0.717) is 23.8 Å². The summed E-state index contributed by atoms with van der Waals surface area (Å²) in [6, 6.07) is 11.8. The normalized spacial score (nSPS) is 11.0. The molecule has 0 amide bonds. The molecule has 2 N–H and O–H groups in total. The van der Waals surface area contributed by atoms with E-state index in [-0.39, 0.29) is 0 Å². The van der Waals surface area contributed by atoms with Gasteiger partial charge in [0.2, 0.25) is 0 Å². The molecule has 0 saturated heterocycles. The SMILES string of the molecule is COCc1ccc(-c2nc3c(OC)cccn3c2N)cc1. The van der Waals surface area contributed by atoms with Crippen LogP contribution in [0.25, 0.3) is 16.9 Å². The number of benzene rings is 1. The van der Waals surface area contributed by atoms with Gasteiger partial charge in [0.25, 0.3) is 0 Å². The maximum Gasteiger partial charge on any atom is 0.181 e. The predicted molar refractivity (Wildman–Crippen MR) is 82.3 cm³/mol. The monoisotopic (exact) mass is 283 g/mol. The number of nitrogens with zero attached hydrogens (tertiary/aromatic N) is 2. The molecular weight excluding hydrogens is 266 g/mol. The summed E-state index contributed by atoms with van der Waals surface area (Å²) in [6.45, 7) is 0.592. The van der Waals surface area contributed by atoms with Crippen molar-refractivity contribution in [2.75, 3.05) is 20.0 Å². The first kappa shape index (κ1) is 13.5. The summed E-state index contributed by atoms with van der Waals surface area (Å²) in [7, 11) is 3.31. The summed E-state index contributed by atoms with van der Waals surface area (Å²) in [5.41, 5.74) is 9.76. The lowest BCUT2D eigenvalue weighted by Gasteiger charge is -2.02. The van der Waals surface area contributed by atoms with Crippen LogP contribution in [0.3, 0.4) is 0 Å². The molecule has 0 spiro atoms. The molecule has 108 valence electrons. The van der Waals surface area contributed by atoms with E-state index in [1.165, 1.54) is 0 Å². The highest BCUT2D eigenvalue weighted by Gasteiger charge is 2.14. The lowest BCUT2D eigenvalue weighted by Crippen LogP contribution is -1.95. The second kappa shape index (κ2) is 5.46. The second-order valence-corrected chi connectivity index (χ2v) is 4.75. The number of ether oxygens (including phenoxy) is 2. The minimum absolute atomic E-state index is 0.592. The van der Waals surface area contributed by atoms with Crippen LogP contribution in [0.4, 0.5) is 5.82 Å². The van der Waals surface area contributed by atoms with E-state index < -0.39 is 0 Å². The Kier molecular flexibility index (Phi) is 3.50. The zero-order valence-corrected chi connectivity index (χ0v) is 12.0. The quantitative estimate of drug-likeness (QED) is 0.799. The van der Waals surface area contributed by atoms with Crippen LogP contribution < -0.4 is 10.5 Å². The standard InChI is InChI=1S/C16H17N3O2/c1-20-10-11-5-7-12(8-6-11)14-15(17)19-9-3-4-13(21-2)16(19)18-14/h3-9H,10,17H2,1-2H3. The van der Waals surface area contributed by atoms with Crippen LogP contribution in [0.15, 0.2) is 42.6 Å². The van der Waals surface area contributed by atoms with Gasteiger partial charge in [0, 0.05) is 18.9 Å². The first-order chi connectivity index (χ1) is 10.2. The highest BCUT2D eigenvalue weighted by Crippen LogP contribution is 2.30. The molecule has 0 unspecified atom stereocenters. The van der Waals surface area contributed by atoms with Gasteiger partial charge in [-0.15, -0.1) is 0 Å². The van der Waals surface area contributed by atoms with Gasteiger partial charge in [-0.05, 0) is 17.7 Å². The number of fused-ring (bicyclic) bond motifs is 1. The van der Waals surface area contributed by atoms with E-state index in [2.05, 4.69) is 4.98 Å². The molecule has 3 rings (SSSR count). The van der Waals surface area contributed by atoms with Crippen molar-refractivity contribution in [3.05, 3.63) is 48.2 Å². The van der Waals surface area contributed by atoms with Crippen molar-refractivity contribution < 1.29 is 9.47 Å². The summed E-state index contributed by atoms with van der Waals surface area (Å²) in [6.07, 6.45) is 1.88. The molecule has 0 bridgehead atoms. The molecule has 0 aliphatic rings. The van der Waals surface area contributed by atoms with Crippen LogP contribution in [0.1, 0.15) is 5.56 Å². The molecule has 2 aromatic heterocycles. The molecule has 21 heavy (non-hydrogen) atoms. The molecule has 0 radical (unpaired) electrons. The average Bonchev–Trinajstić information content (AvgIpc) is 2.86. The number of hydrogen-bond acceptors (Lipinski definition) is 4. The van der Waals surface area contributed by atoms with E-state index in [4.69, 9.17) is 15.2 Å². The molecule has 0 saturated carbocycles. The van der Waals surface area contributed by atoms with Gasteiger partial charge in [-0.2, -0.15) is 0 Å². The third-order valence-corrected chi connectivity index (χ3v) is 3.41. The van der Waals surface area contributed by atoms with Crippen LogP contribution in [0.2, 0.25) is 0 Å². The van der Waals surface area contributed by atoms with E-state index in [0.717, 1.165) is 16.8 Å². The molecule has 5 nitrogen and oxygen atoms in total. The number of hydrogen-bond donors (Lipinski definition) is 1. The van der Waals surface area contributed by atoms with Crippen molar-refractivity contribution in [3.8, 4) is 17.0 Å². The zero-order valence-electron chi connectivity index (χ0n) is 12.0. The Hall–Kier alpha value is -2.53. The topological polar surface area (TPSA) is 61.8 Å². The summed E-state index contributed by atoms with van der Waals surface area (Å²) in [4.78, 5) is 4.61. The maximum atomic E-state index is 6.21. The Labute approximate surface area is 122 Å². The zero-order chi connectivity index (χ0) is 14.8. The minimum atomic E-state index is 0.592. The van der Waals surface area contributed by atoms with Crippen LogP contribution >= 0.6 is 0 Å². The summed E-state index contributed by atoms with van der Waals surface area (Å²) in [5.74, 6) is 1.30. The van der Waals surface area contributed by atoms with Gasteiger partial charge in [0.05, 0.1) is 13.7 Å². The number of aromatic nitrogens is 2. The minimum Gasteiger partial charge on any atom is -0.493 e. The fraction of sp³-hybridized carbons (Fsp3) is 0.188. The number of methoxy groups -OCH3 is 2. The highest BCUT2D eigenvalue weighted by molar-refractivity contribution is 5.77. The molecule has 0 atom stereocenters. The van der Waals surface area contributed by atoms with Gasteiger partial charge < -0.3 is 15.2 Å². The smallest absolute Gasteiger partial charge is 0.181 e. The summed E-state index contributed by atoms with van der Waals surface area (Å²) in [5, 5.41) is 0. The molecule has 0 aliphatic heterocycles. The Morgan fingerprint density at radius 1 is 1.14 bits per heavy atom. The summed E-state index contributed by atoms with van der Waals surface area (Å²) < 4.78 is 12.3. The van der Waals surface area contributed by atoms with Crippen molar-refractivity contribution in [1.29, 1.82) is 0 Å². The molecule has 0 aliphatic carbocycles. The van der Waals surface area contributed by atoms with E-state index in [1.54, 1.807) is 14.2 Å². The van der Waals surface area contributed by atoms with Crippen molar-refractivity contribution in [3.63, 3.8) is 0 Å². The number of nitrogen functional groups attached to an aromatic ring is 1. The molecule has 5 heteroatoms. The Balaban J connectivity index is 2.09. The van der Waals surface area contributed by atoms with Crippen molar-refractivity contribution in [2.24, 2.45) is 0 Å². The molecular formula is C16H17N3O2. The summed E-state index contributed by atoms with van der Waals surface area (Å²) >= 11 is 0. The first-order valence-corrected chi connectivity index (χ1v) is 6.63. The lowest BCUT2D eigenvalue weighted by molar-refractivity contribution is 0.185. The number of nitrogens with two attached hydrogens (primary N) is 1. The van der Waals surface area contributed by atoms with E-state index in [9.17, 15) is 0 Å². The van der Waals surface area contributed by atoms with Crippen LogP contribution in [0.5, 0.6) is 5.75 Å². The van der Waals surface area contributed by atoms with Crippen molar-refractivity contribution in [1.82, 2.24) is 9.38 Å². The fourth-order valence-electron chi connectivity index (χ4n) is 2.36. The van der Waals surface area contributed by atoms with Crippen LogP contribution in [-0.4, -0.2) is 23.6 Å². The molecule has 1 aromatic carbocycles. The van der Waals surface area contributed by atoms with Gasteiger partial charge in [-0.1, -0.05) is 24.3 Å². The number of pyridine rings is 1. The number of imidazole rings is 1. The fourth-order valence-corrected chi connectivity index (χ4v) is 2.36. The Morgan fingerprint density at radius 2 is 1.90 bits per heavy atom. The largest absolute Gasteiger partial charge is 0.493 e. The maximum absolute atomic E-state index is 6.21. The van der Waals surface area contributed by atoms with Gasteiger partial charge in [0.1, 0.15) is 11.5 Å². The van der Waals surface area contributed by atoms with Crippen LogP contribution in [-0.2, 0) is 11.3 Å². The average molecular weight is 283 g/mol. The lowest BCUT2D eigenvalue weighted by atomic mass is 10.1. The van der Waals surface area contributed by atoms with Gasteiger partial charge in [-0.3, -0.25) is 4.40 Å². The number of anilines is 1. The van der Waals surface area contributed by atoms with Crippen LogP contribution in [0, 0.1) is 0 Å². The van der Waals surface area contributed by atoms with Gasteiger partial charge in [0.15, 0.2) is 11.4 Å². The molecule has 3 aromatic rings. The number of rotatable bonds is 4. The second-order valence-electron chi connectivity index (χ2n) is 4.75. The van der Waals surface area contributed by atoms with Gasteiger partial charge in [-0.25, -0.2) is 4.98 Å². The first-order valence-electron chi connectivity index (χ1n) is 6.63.